The van der Waals surface area contributed by atoms with Gasteiger partial charge in [0.15, 0.2) is 0 Å². The molecule has 0 aliphatic carbocycles. The van der Waals surface area contributed by atoms with Crippen molar-refractivity contribution in [3.05, 3.63) is 83.9 Å². The van der Waals surface area contributed by atoms with E-state index in [0.717, 1.165) is 5.56 Å². The van der Waals surface area contributed by atoms with E-state index in [2.05, 4.69) is 4.72 Å². The fourth-order valence-corrected chi connectivity index (χ4v) is 4.68. The van der Waals surface area contributed by atoms with Crippen LogP contribution in [-0.2, 0) is 14.8 Å². The molecule has 0 atom stereocenters. The van der Waals surface area contributed by atoms with Gasteiger partial charge in [-0.05, 0) is 43.3 Å². The topological polar surface area (TPSA) is 72.5 Å². The van der Waals surface area contributed by atoms with Crippen LogP contribution in [0.2, 0.25) is 0 Å². The van der Waals surface area contributed by atoms with Crippen LogP contribution in [0.1, 0.15) is 15.9 Å². The third-order valence-electron chi connectivity index (χ3n) is 3.97. The van der Waals surface area contributed by atoms with E-state index in [-0.39, 0.29) is 4.90 Å². The van der Waals surface area contributed by atoms with Gasteiger partial charge < -0.3 is 4.74 Å². The maximum Gasteiger partial charge on any atom is 0.339 e. The number of ether oxygens (including phenoxy) is 1. The van der Waals surface area contributed by atoms with E-state index < -0.39 is 16.0 Å². The van der Waals surface area contributed by atoms with Crippen LogP contribution in [0.4, 0.5) is 5.69 Å². The number of para-hydroxylation sites is 1. The van der Waals surface area contributed by atoms with E-state index in [1.807, 2.05) is 19.1 Å². The third-order valence-corrected chi connectivity index (χ3v) is 6.51. The van der Waals surface area contributed by atoms with Crippen molar-refractivity contribution in [1.82, 2.24) is 0 Å². The monoisotopic (exact) mass is 413 g/mol. The van der Waals surface area contributed by atoms with E-state index in [9.17, 15) is 13.2 Å². The van der Waals surface area contributed by atoms with Crippen molar-refractivity contribution in [2.45, 2.75) is 21.6 Å². The average Bonchev–Trinajstić information content (AvgIpc) is 2.69. The normalized spacial score (nSPS) is 11.1. The summed E-state index contributed by atoms with van der Waals surface area (Å²) in [5.41, 5.74) is 1.84. The second-order valence-corrected chi connectivity index (χ2v) is 8.77. The van der Waals surface area contributed by atoms with Crippen LogP contribution in [0.5, 0.6) is 0 Å². The fraction of sp³-hybridized carbons (Fsp3) is 0.0952. The van der Waals surface area contributed by atoms with Gasteiger partial charge in [-0.2, -0.15) is 0 Å². The van der Waals surface area contributed by atoms with Gasteiger partial charge in [-0.1, -0.05) is 53.7 Å². The first kappa shape index (κ1) is 20.0. The summed E-state index contributed by atoms with van der Waals surface area (Å²) in [6.45, 7) is 1.90. The number of rotatable bonds is 6. The zero-order chi connectivity index (χ0) is 20.1. The molecule has 0 radical (unpaired) electrons. The summed E-state index contributed by atoms with van der Waals surface area (Å²) in [6.07, 6.45) is 0. The van der Waals surface area contributed by atoms with Gasteiger partial charge in [-0.15, -0.1) is 0 Å². The molecule has 144 valence electrons. The Labute approximate surface area is 168 Å². The highest BCUT2D eigenvalue weighted by Crippen LogP contribution is 2.36. The summed E-state index contributed by atoms with van der Waals surface area (Å²) in [5.74, 6) is -0.444. The Morgan fingerprint density at radius 3 is 2.18 bits per heavy atom. The van der Waals surface area contributed by atoms with Crippen LogP contribution in [0.3, 0.4) is 0 Å². The minimum atomic E-state index is -3.73. The zero-order valence-corrected chi connectivity index (χ0v) is 17.0. The van der Waals surface area contributed by atoms with Crippen molar-refractivity contribution >= 4 is 33.4 Å². The second kappa shape index (κ2) is 8.50. The summed E-state index contributed by atoms with van der Waals surface area (Å²) in [4.78, 5) is 13.5. The van der Waals surface area contributed by atoms with Crippen molar-refractivity contribution in [3.8, 4) is 0 Å². The number of carbonyl (C=O) groups is 1. The van der Waals surface area contributed by atoms with Gasteiger partial charge in [-0.3, -0.25) is 4.72 Å². The van der Waals surface area contributed by atoms with E-state index >= 15 is 0 Å². The lowest BCUT2D eigenvalue weighted by atomic mass is 10.2. The molecule has 0 amide bonds. The molecule has 3 aromatic rings. The Bertz CT molecular complexity index is 1090. The molecule has 1 N–H and O–H groups in total. The minimum absolute atomic E-state index is 0.188. The number of anilines is 1. The molecular formula is C21H19NO4S2. The van der Waals surface area contributed by atoms with E-state index in [1.54, 1.807) is 60.7 Å². The SMILES string of the molecule is COC(=O)c1ccccc1Sc1ccccc1NS(=O)(=O)c1ccc(C)cc1. The predicted molar refractivity (Wildman–Crippen MR) is 110 cm³/mol. The van der Waals surface area contributed by atoms with E-state index in [4.69, 9.17) is 4.74 Å². The number of methoxy groups -OCH3 is 1. The molecule has 0 heterocycles. The molecule has 0 aliphatic rings. The summed E-state index contributed by atoms with van der Waals surface area (Å²) in [6, 6.07) is 20.7. The molecule has 0 unspecified atom stereocenters. The van der Waals surface area contributed by atoms with Crippen molar-refractivity contribution in [1.29, 1.82) is 0 Å². The molecule has 3 aromatic carbocycles. The van der Waals surface area contributed by atoms with Crippen LogP contribution in [0, 0.1) is 6.92 Å². The largest absolute Gasteiger partial charge is 0.465 e. The van der Waals surface area contributed by atoms with Crippen molar-refractivity contribution in [3.63, 3.8) is 0 Å². The first-order chi connectivity index (χ1) is 13.4. The summed E-state index contributed by atoms with van der Waals surface area (Å²) >= 11 is 1.30. The van der Waals surface area contributed by atoms with E-state index in [1.165, 1.54) is 18.9 Å². The van der Waals surface area contributed by atoms with Crippen LogP contribution >= 0.6 is 11.8 Å². The van der Waals surface area contributed by atoms with Gasteiger partial charge in [0.1, 0.15) is 0 Å². The minimum Gasteiger partial charge on any atom is -0.465 e. The maximum absolute atomic E-state index is 12.7. The smallest absolute Gasteiger partial charge is 0.339 e. The van der Waals surface area contributed by atoms with E-state index in [0.29, 0.717) is 21.0 Å². The Morgan fingerprint density at radius 1 is 0.893 bits per heavy atom. The molecule has 7 heteroatoms. The molecule has 28 heavy (non-hydrogen) atoms. The molecule has 5 nitrogen and oxygen atoms in total. The first-order valence-electron chi connectivity index (χ1n) is 8.44. The molecule has 3 rings (SSSR count). The van der Waals surface area contributed by atoms with Crippen LogP contribution in [0.15, 0.2) is 87.5 Å². The second-order valence-electron chi connectivity index (χ2n) is 6.00. The Hall–Kier alpha value is -2.77. The van der Waals surface area contributed by atoms with Gasteiger partial charge >= 0.3 is 5.97 Å². The summed E-state index contributed by atoms with van der Waals surface area (Å²) in [7, 11) is -2.40. The molecule has 0 fully saturated rings. The maximum atomic E-state index is 12.7. The van der Waals surface area contributed by atoms with Gasteiger partial charge in [0.05, 0.1) is 23.3 Å². The van der Waals surface area contributed by atoms with Crippen molar-refractivity contribution in [2.75, 3.05) is 11.8 Å². The number of sulfonamides is 1. The molecule has 0 saturated carbocycles. The Kier molecular flexibility index (Phi) is 6.06. The molecule has 0 bridgehead atoms. The lowest BCUT2D eigenvalue weighted by Gasteiger charge is -2.13. The Morgan fingerprint density at radius 2 is 1.50 bits per heavy atom. The predicted octanol–water partition coefficient (Wildman–Crippen LogP) is 4.73. The number of aryl methyl sites for hydroxylation is 1. The molecule has 0 saturated heterocycles. The van der Waals surface area contributed by atoms with Gasteiger partial charge in [0, 0.05) is 9.79 Å². The van der Waals surface area contributed by atoms with Crippen molar-refractivity contribution in [2.24, 2.45) is 0 Å². The summed E-state index contributed by atoms with van der Waals surface area (Å²) in [5, 5.41) is 0. The summed E-state index contributed by atoms with van der Waals surface area (Å²) < 4.78 is 33.0. The van der Waals surface area contributed by atoms with Gasteiger partial charge in [0.2, 0.25) is 0 Å². The average molecular weight is 414 g/mol. The molecule has 0 aliphatic heterocycles. The molecule has 0 spiro atoms. The standard InChI is InChI=1S/C21H19NO4S2/c1-15-11-13-16(14-12-15)28(24,25)22-18-8-4-6-10-20(18)27-19-9-5-3-7-17(19)21(23)26-2/h3-14,22H,1-2H3. The highest BCUT2D eigenvalue weighted by Gasteiger charge is 2.18. The highest BCUT2D eigenvalue weighted by atomic mass is 32.2. The first-order valence-corrected chi connectivity index (χ1v) is 10.7. The van der Waals surface area contributed by atoms with Gasteiger partial charge in [-0.25, -0.2) is 13.2 Å². The van der Waals surface area contributed by atoms with Crippen LogP contribution < -0.4 is 4.72 Å². The number of nitrogens with one attached hydrogen (secondary N) is 1. The number of benzene rings is 3. The number of carbonyl (C=O) groups excluding carboxylic acids is 1. The van der Waals surface area contributed by atoms with Crippen LogP contribution in [0.25, 0.3) is 0 Å². The molecule has 0 aromatic heterocycles. The van der Waals surface area contributed by atoms with Gasteiger partial charge in [0.25, 0.3) is 10.0 Å². The fourth-order valence-electron chi connectivity index (χ4n) is 2.51. The quantitative estimate of drug-likeness (QED) is 0.591. The highest BCUT2D eigenvalue weighted by molar-refractivity contribution is 7.99. The third kappa shape index (κ3) is 4.55. The lowest BCUT2D eigenvalue weighted by Crippen LogP contribution is -2.13. The van der Waals surface area contributed by atoms with Crippen LogP contribution in [-0.4, -0.2) is 21.5 Å². The number of hydrogen-bond donors (Lipinski definition) is 1. The Balaban J connectivity index is 1.93. The number of esters is 1. The lowest BCUT2D eigenvalue weighted by molar-refractivity contribution is 0.0597. The zero-order valence-electron chi connectivity index (χ0n) is 15.4. The number of hydrogen-bond acceptors (Lipinski definition) is 5. The van der Waals surface area contributed by atoms with Crippen molar-refractivity contribution < 1.29 is 17.9 Å². The molecular weight excluding hydrogens is 394 g/mol.